The smallest absolute Gasteiger partial charge is 0.0593 e. The Hall–Kier alpha value is -0.160. The minimum absolute atomic E-state index is 0.240. The summed E-state index contributed by atoms with van der Waals surface area (Å²) in [6, 6.07) is 0. The highest BCUT2D eigenvalue weighted by atomic mass is 16.5. The van der Waals surface area contributed by atoms with Crippen molar-refractivity contribution in [1.29, 1.82) is 0 Å². The Bertz CT molecular complexity index is 288. The third-order valence-electron chi connectivity index (χ3n) is 4.95. The summed E-state index contributed by atoms with van der Waals surface area (Å²) < 4.78 is 10.8. The van der Waals surface area contributed by atoms with Gasteiger partial charge in [0.1, 0.15) is 0 Å². The lowest BCUT2D eigenvalue weighted by atomic mass is 9.87. The van der Waals surface area contributed by atoms with E-state index in [1.807, 2.05) is 0 Å². The van der Waals surface area contributed by atoms with Crippen LogP contribution in [0.5, 0.6) is 0 Å². The zero-order chi connectivity index (χ0) is 14.5. The van der Waals surface area contributed by atoms with Gasteiger partial charge in [0.2, 0.25) is 0 Å². The third kappa shape index (κ3) is 4.17. The first-order valence-electron chi connectivity index (χ1n) is 8.15. The molecule has 1 aliphatic heterocycles. The fourth-order valence-electron chi connectivity index (χ4n) is 3.50. The van der Waals surface area contributed by atoms with Crippen LogP contribution in [-0.2, 0) is 9.47 Å². The van der Waals surface area contributed by atoms with Gasteiger partial charge in [-0.25, -0.2) is 0 Å². The molecule has 0 amide bonds. The van der Waals surface area contributed by atoms with E-state index in [4.69, 9.17) is 9.47 Å². The molecule has 0 aromatic rings. The van der Waals surface area contributed by atoms with E-state index in [0.717, 1.165) is 39.3 Å². The van der Waals surface area contributed by atoms with E-state index in [9.17, 15) is 0 Å². The minimum Gasteiger partial charge on any atom is -0.385 e. The second-order valence-electron chi connectivity index (χ2n) is 7.03. The van der Waals surface area contributed by atoms with Crippen LogP contribution in [0.1, 0.15) is 46.0 Å². The Morgan fingerprint density at radius 3 is 2.55 bits per heavy atom. The maximum absolute atomic E-state index is 5.74. The summed E-state index contributed by atoms with van der Waals surface area (Å²) in [5, 5.41) is 3.83. The van der Waals surface area contributed by atoms with Crippen molar-refractivity contribution >= 4 is 0 Å². The fraction of sp³-hybridized carbons (Fsp3) is 1.00. The molecular formula is C16H32N2O2. The van der Waals surface area contributed by atoms with Crippen molar-refractivity contribution in [2.24, 2.45) is 0 Å². The van der Waals surface area contributed by atoms with Crippen LogP contribution in [-0.4, -0.2) is 62.5 Å². The van der Waals surface area contributed by atoms with Gasteiger partial charge in [-0.2, -0.15) is 0 Å². The van der Waals surface area contributed by atoms with Crippen molar-refractivity contribution in [3.8, 4) is 0 Å². The van der Waals surface area contributed by atoms with Gasteiger partial charge in [0.05, 0.1) is 6.61 Å². The first kappa shape index (κ1) is 16.2. The zero-order valence-corrected chi connectivity index (χ0v) is 13.5. The fourth-order valence-corrected chi connectivity index (χ4v) is 3.50. The second-order valence-corrected chi connectivity index (χ2v) is 7.03. The molecule has 20 heavy (non-hydrogen) atoms. The maximum Gasteiger partial charge on any atom is 0.0593 e. The number of hydrogen-bond acceptors (Lipinski definition) is 4. The lowest BCUT2D eigenvalue weighted by Gasteiger charge is -2.51. The summed E-state index contributed by atoms with van der Waals surface area (Å²) >= 11 is 0. The molecule has 0 radical (unpaired) electrons. The molecule has 0 atom stereocenters. The van der Waals surface area contributed by atoms with Gasteiger partial charge < -0.3 is 14.8 Å². The van der Waals surface area contributed by atoms with Crippen molar-refractivity contribution in [3.05, 3.63) is 0 Å². The quantitative estimate of drug-likeness (QED) is 0.725. The van der Waals surface area contributed by atoms with Crippen LogP contribution in [0.25, 0.3) is 0 Å². The van der Waals surface area contributed by atoms with Gasteiger partial charge in [0.25, 0.3) is 0 Å². The van der Waals surface area contributed by atoms with Crippen LogP contribution >= 0.6 is 0 Å². The van der Waals surface area contributed by atoms with Gasteiger partial charge in [-0.3, -0.25) is 4.90 Å². The molecule has 0 bridgehead atoms. The first-order valence-corrected chi connectivity index (χ1v) is 8.15. The molecule has 0 aromatic heterocycles. The summed E-state index contributed by atoms with van der Waals surface area (Å²) in [7, 11) is 1.74. The molecule has 2 fully saturated rings. The van der Waals surface area contributed by atoms with Gasteiger partial charge in [0.15, 0.2) is 0 Å². The molecule has 1 N–H and O–H groups in total. The summed E-state index contributed by atoms with van der Waals surface area (Å²) in [5.41, 5.74) is 0.634. The molecule has 1 saturated carbocycles. The van der Waals surface area contributed by atoms with E-state index in [1.165, 1.54) is 32.2 Å². The molecule has 2 rings (SSSR count). The highest BCUT2D eigenvalue weighted by Crippen LogP contribution is 2.35. The number of rotatable bonds is 7. The predicted octanol–water partition coefficient (Wildman–Crippen LogP) is 2.04. The Morgan fingerprint density at radius 1 is 1.10 bits per heavy atom. The van der Waals surface area contributed by atoms with E-state index in [1.54, 1.807) is 7.11 Å². The van der Waals surface area contributed by atoms with Crippen LogP contribution in [0.15, 0.2) is 0 Å². The van der Waals surface area contributed by atoms with Crippen LogP contribution in [0.3, 0.4) is 0 Å². The number of nitrogens with zero attached hydrogens (tertiary/aromatic N) is 1. The molecule has 1 heterocycles. The largest absolute Gasteiger partial charge is 0.385 e. The summed E-state index contributed by atoms with van der Waals surface area (Å²) in [6.45, 7) is 10.4. The topological polar surface area (TPSA) is 33.7 Å². The van der Waals surface area contributed by atoms with E-state index >= 15 is 0 Å². The lowest BCUT2D eigenvalue weighted by molar-refractivity contribution is 0.00111. The van der Waals surface area contributed by atoms with Gasteiger partial charge >= 0.3 is 0 Å². The van der Waals surface area contributed by atoms with Crippen molar-refractivity contribution in [3.63, 3.8) is 0 Å². The molecule has 1 spiro atoms. The van der Waals surface area contributed by atoms with E-state index in [0.29, 0.717) is 5.54 Å². The molecular weight excluding hydrogens is 252 g/mol. The molecule has 4 nitrogen and oxygen atoms in total. The number of piperazine rings is 1. The predicted molar refractivity (Wildman–Crippen MR) is 82.2 cm³/mol. The number of ether oxygens (including phenoxy) is 2. The molecule has 1 aliphatic carbocycles. The third-order valence-corrected chi connectivity index (χ3v) is 4.95. The monoisotopic (exact) mass is 284 g/mol. The number of methoxy groups -OCH3 is 1. The van der Waals surface area contributed by atoms with E-state index in [2.05, 4.69) is 24.1 Å². The highest BCUT2D eigenvalue weighted by molar-refractivity contribution is 5.04. The standard InChI is InChI=1S/C16H32N2O2/c1-15(2)13-17-16(7-4-5-8-16)14-18(15)9-12-20-11-6-10-19-3/h17H,4-14H2,1-3H3. The first-order chi connectivity index (χ1) is 9.58. The summed E-state index contributed by atoms with van der Waals surface area (Å²) in [4.78, 5) is 2.63. The van der Waals surface area contributed by atoms with Crippen molar-refractivity contribution in [1.82, 2.24) is 10.2 Å². The minimum atomic E-state index is 0.240. The molecule has 2 aliphatic rings. The molecule has 4 heteroatoms. The Balaban J connectivity index is 1.75. The highest BCUT2D eigenvalue weighted by Gasteiger charge is 2.43. The average Bonchev–Trinajstić information content (AvgIpc) is 2.87. The number of hydrogen-bond donors (Lipinski definition) is 1. The normalized spacial score (nSPS) is 25.4. The SMILES string of the molecule is COCCCOCCN1CC2(CCCC2)NCC1(C)C. The van der Waals surface area contributed by atoms with Crippen LogP contribution in [0, 0.1) is 0 Å². The molecule has 118 valence electrons. The Labute approximate surface area is 124 Å². The zero-order valence-electron chi connectivity index (χ0n) is 13.5. The van der Waals surface area contributed by atoms with E-state index < -0.39 is 0 Å². The van der Waals surface area contributed by atoms with E-state index in [-0.39, 0.29) is 5.54 Å². The second kappa shape index (κ2) is 7.21. The Morgan fingerprint density at radius 2 is 1.85 bits per heavy atom. The molecule has 1 saturated heterocycles. The van der Waals surface area contributed by atoms with Crippen LogP contribution < -0.4 is 5.32 Å². The van der Waals surface area contributed by atoms with Crippen molar-refractivity contribution in [2.45, 2.75) is 57.0 Å². The van der Waals surface area contributed by atoms with Gasteiger partial charge in [-0.15, -0.1) is 0 Å². The Kier molecular flexibility index (Phi) is 5.84. The van der Waals surface area contributed by atoms with Gasteiger partial charge in [0, 0.05) is 51.0 Å². The molecule has 0 aromatic carbocycles. The van der Waals surface area contributed by atoms with Crippen molar-refractivity contribution < 1.29 is 9.47 Å². The summed E-state index contributed by atoms with van der Waals surface area (Å²) in [6.07, 6.45) is 6.44. The molecule has 0 unspecified atom stereocenters. The van der Waals surface area contributed by atoms with Gasteiger partial charge in [-0.05, 0) is 33.1 Å². The average molecular weight is 284 g/mol. The summed E-state index contributed by atoms with van der Waals surface area (Å²) in [5.74, 6) is 0. The lowest BCUT2D eigenvalue weighted by Crippen LogP contribution is -2.67. The van der Waals surface area contributed by atoms with Gasteiger partial charge in [-0.1, -0.05) is 12.8 Å². The van der Waals surface area contributed by atoms with Crippen LogP contribution in [0.4, 0.5) is 0 Å². The van der Waals surface area contributed by atoms with Crippen LogP contribution in [0.2, 0.25) is 0 Å². The number of nitrogens with one attached hydrogen (secondary N) is 1. The van der Waals surface area contributed by atoms with Crippen molar-refractivity contribution in [2.75, 3.05) is 46.6 Å². The maximum atomic E-state index is 5.74.